The van der Waals surface area contributed by atoms with Crippen molar-refractivity contribution in [2.75, 3.05) is 11.9 Å². The van der Waals surface area contributed by atoms with Crippen molar-refractivity contribution < 1.29 is 14.4 Å². The highest BCUT2D eigenvalue weighted by Crippen LogP contribution is 2.37. The van der Waals surface area contributed by atoms with Crippen LogP contribution in [0.25, 0.3) is 10.9 Å². The van der Waals surface area contributed by atoms with E-state index >= 15 is 0 Å². The standard InChI is InChI=1S/C17H19N5O3/c23-14-17(22-16(25)21-14)6-1-2-11(17)9-19-15(24)20-12-4-3-10-5-7-18-13(10)8-12/h3-5,7-8,11,18H,1-2,6,9H2,(H2,19,20,24)(H2,21,22,23,25)/t11-,17+/m1/s1. The average Bonchev–Trinajstić information content (AvgIpc) is 3.25. The normalized spacial score (nSPS) is 25.2. The van der Waals surface area contributed by atoms with E-state index in [1.165, 1.54) is 0 Å². The molecule has 5 amide bonds. The number of anilines is 1. The van der Waals surface area contributed by atoms with Crippen molar-refractivity contribution in [2.24, 2.45) is 5.92 Å². The van der Waals surface area contributed by atoms with Gasteiger partial charge in [0.15, 0.2) is 0 Å². The number of benzene rings is 1. The minimum Gasteiger partial charge on any atom is -0.361 e. The maximum Gasteiger partial charge on any atom is 0.322 e. The number of aromatic amines is 1. The summed E-state index contributed by atoms with van der Waals surface area (Å²) in [5, 5.41) is 11.7. The summed E-state index contributed by atoms with van der Waals surface area (Å²) in [6.45, 7) is 0.324. The predicted octanol–water partition coefficient (Wildman–Crippen LogP) is 1.67. The van der Waals surface area contributed by atoms with E-state index in [4.69, 9.17) is 0 Å². The molecule has 8 heteroatoms. The second-order valence-corrected chi connectivity index (χ2v) is 6.58. The van der Waals surface area contributed by atoms with Gasteiger partial charge in [0.05, 0.1) is 0 Å². The maximum atomic E-state index is 12.2. The van der Waals surface area contributed by atoms with E-state index in [0.29, 0.717) is 18.7 Å². The zero-order chi connectivity index (χ0) is 17.4. The molecule has 1 saturated carbocycles. The highest BCUT2D eigenvalue weighted by molar-refractivity contribution is 6.07. The molecular weight excluding hydrogens is 322 g/mol. The summed E-state index contributed by atoms with van der Waals surface area (Å²) in [7, 11) is 0. The van der Waals surface area contributed by atoms with Gasteiger partial charge >= 0.3 is 12.1 Å². The Hall–Kier alpha value is -3.03. The van der Waals surface area contributed by atoms with Gasteiger partial charge in [0.2, 0.25) is 0 Å². The van der Waals surface area contributed by atoms with Gasteiger partial charge in [0.25, 0.3) is 5.91 Å². The molecular formula is C17H19N5O3. The SMILES string of the molecule is O=C(NC[C@H]1CCC[C@]12NC(=O)NC2=O)Nc1ccc2cc[nH]c2c1. The smallest absolute Gasteiger partial charge is 0.322 e. The van der Waals surface area contributed by atoms with Gasteiger partial charge in [-0.1, -0.05) is 12.5 Å². The topological polar surface area (TPSA) is 115 Å². The number of amides is 5. The second-order valence-electron chi connectivity index (χ2n) is 6.58. The third-order valence-corrected chi connectivity index (χ3v) is 5.11. The Morgan fingerprint density at radius 3 is 2.96 bits per heavy atom. The summed E-state index contributed by atoms with van der Waals surface area (Å²) in [5.41, 5.74) is 0.742. The number of carbonyl (C=O) groups is 3. The van der Waals surface area contributed by atoms with Gasteiger partial charge in [-0.25, -0.2) is 9.59 Å². The van der Waals surface area contributed by atoms with Crippen LogP contribution in [0.2, 0.25) is 0 Å². The fourth-order valence-electron chi connectivity index (χ4n) is 3.84. The second kappa shape index (κ2) is 5.80. The Morgan fingerprint density at radius 2 is 2.16 bits per heavy atom. The van der Waals surface area contributed by atoms with Crippen LogP contribution in [0.15, 0.2) is 30.5 Å². The number of imide groups is 1. The molecule has 2 aromatic rings. The van der Waals surface area contributed by atoms with Crippen molar-refractivity contribution in [1.82, 2.24) is 20.9 Å². The summed E-state index contributed by atoms with van der Waals surface area (Å²) in [6.07, 6.45) is 4.06. The van der Waals surface area contributed by atoms with E-state index in [9.17, 15) is 14.4 Å². The van der Waals surface area contributed by atoms with Crippen molar-refractivity contribution in [3.63, 3.8) is 0 Å². The lowest BCUT2D eigenvalue weighted by Gasteiger charge is -2.28. The van der Waals surface area contributed by atoms with E-state index in [1.54, 1.807) is 0 Å². The predicted molar refractivity (Wildman–Crippen MR) is 92.1 cm³/mol. The molecule has 0 radical (unpaired) electrons. The number of carbonyl (C=O) groups excluding carboxylic acids is 3. The highest BCUT2D eigenvalue weighted by atomic mass is 16.2. The molecule has 4 rings (SSSR count). The molecule has 2 atom stereocenters. The molecule has 1 aromatic heterocycles. The van der Waals surface area contributed by atoms with E-state index < -0.39 is 11.6 Å². The van der Waals surface area contributed by atoms with E-state index in [-0.39, 0.29) is 17.9 Å². The van der Waals surface area contributed by atoms with Crippen LogP contribution in [0.5, 0.6) is 0 Å². The van der Waals surface area contributed by atoms with Crippen molar-refractivity contribution in [3.8, 4) is 0 Å². The Bertz CT molecular complexity index is 861. The van der Waals surface area contributed by atoms with Gasteiger partial charge in [-0.15, -0.1) is 0 Å². The lowest BCUT2D eigenvalue weighted by atomic mass is 9.87. The van der Waals surface area contributed by atoms with Crippen LogP contribution in [0, 0.1) is 5.92 Å². The fourth-order valence-corrected chi connectivity index (χ4v) is 3.84. The number of urea groups is 2. The summed E-state index contributed by atoms with van der Waals surface area (Å²) in [6, 6.07) is 6.78. The number of H-pyrrole nitrogens is 1. The van der Waals surface area contributed by atoms with Gasteiger partial charge < -0.3 is 20.9 Å². The Morgan fingerprint density at radius 1 is 1.28 bits per heavy atom. The van der Waals surface area contributed by atoms with Crippen LogP contribution in [-0.2, 0) is 4.79 Å². The number of fused-ring (bicyclic) bond motifs is 1. The average molecular weight is 341 g/mol. The first kappa shape index (κ1) is 15.5. The molecule has 0 bridgehead atoms. The lowest BCUT2D eigenvalue weighted by molar-refractivity contribution is -0.125. The van der Waals surface area contributed by atoms with Crippen molar-refractivity contribution in [1.29, 1.82) is 0 Å². The summed E-state index contributed by atoms with van der Waals surface area (Å²) in [4.78, 5) is 38.9. The van der Waals surface area contributed by atoms with E-state index in [0.717, 1.165) is 23.7 Å². The van der Waals surface area contributed by atoms with Crippen LogP contribution in [0.4, 0.5) is 15.3 Å². The number of rotatable bonds is 3. The molecule has 2 fully saturated rings. The quantitative estimate of drug-likeness (QED) is 0.547. The molecule has 2 aliphatic rings. The largest absolute Gasteiger partial charge is 0.361 e. The van der Waals surface area contributed by atoms with Crippen molar-refractivity contribution in [3.05, 3.63) is 30.5 Å². The monoisotopic (exact) mass is 341 g/mol. The minimum absolute atomic E-state index is 0.115. The van der Waals surface area contributed by atoms with E-state index in [1.807, 2.05) is 30.5 Å². The summed E-state index contributed by atoms with van der Waals surface area (Å²) in [5.74, 6) is -0.407. The fraction of sp³-hybridized carbons (Fsp3) is 0.353. The Balaban J connectivity index is 1.38. The summed E-state index contributed by atoms with van der Waals surface area (Å²) >= 11 is 0. The Kier molecular flexibility index (Phi) is 3.60. The van der Waals surface area contributed by atoms with Crippen molar-refractivity contribution in [2.45, 2.75) is 24.8 Å². The molecule has 25 heavy (non-hydrogen) atoms. The molecule has 130 valence electrons. The zero-order valence-electron chi connectivity index (χ0n) is 13.5. The van der Waals surface area contributed by atoms with Gasteiger partial charge in [0, 0.05) is 29.9 Å². The molecule has 1 spiro atoms. The highest BCUT2D eigenvalue weighted by Gasteiger charge is 2.54. The van der Waals surface area contributed by atoms with E-state index in [2.05, 4.69) is 26.3 Å². The summed E-state index contributed by atoms with van der Waals surface area (Å²) < 4.78 is 0. The molecule has 2 heterocycles. The molecule has 1 saturated heterocycles. The van der Waals surface area contributed by atoms with Gasteiger partial charge in [0.1, 0.15) is 5.54 Å². The van der Waals surface area contributed by atoms with Crippen LogP contribution in [0.3, 0.4) is 0 Å². The van der Waals surface area contributed by atoms with Crippen LogP contribution >= 0.6 is 0 Å². The molecule has 5 N–H and O–H groups in total. The molecule has 1 aliphatic heterocycles. The number of hydrogen-bond acceptors (Lipinski definition) is 3. The van der Waals surface area contributed by atoms with Gasteiger partial charge in [-0.3, -0.25) is 10.1 Å². The molecule has 0 unspecified atom stereocenters. The number of nitrogens with one attached hydrogen (secondary N) is 5. The molecule has 8 nitrogen and oxygen atoms in total. The number of hydrogen-bond donors (Lipinski definition) is 5. The van der Waals surface area contributed by atoms with Gasteiger partial charge in [-0.2, -0.15) is 0 Å². The molecule has 1 aliphatic carbocycles. The Labute approximate surface area is 143 Å². The van der Waals surface area contributed by atoms with Crippen molar-refractivity contribution >= 4 is 34.6 Å². The maximum absolute atomic E-state index is 12.2. The first-order valence-corrected chi connectivity index (χ1v) is 8.32. The lowest BCUT2D eigenvalue weighted by Crippen LogP contribution is -2.53. The third kappa shape index (κ3) is 2.69. The first-order valence-electron chi connectivity index (χ1n) is 8.32. The third-order valence-electron chi connectivity index (χ3n) is 5.11. The van der Waals surface area contributed by atoms with Crippen LogP contribution < -0.4 is 21.3 Å². The first-order chi connectivity index (χ1) is 12.1. The van der Waals surface area contributed by atoms with Crippen LogP contribution in [0.1, 0.15) is 19.3 Å². The zero-order valence-corrected chi connectivity index (χ0v) is 13.5. The molecule has 1 aromatic carbocycles. The number of aromatic nitrogens is 1. The van der Waals surface area contributed by atoms with Crippen LogP contribution in [-0.4, -0.2) is 35.0 Å². The minimum atomic E-state index is -0.881. The van der Waals surface area contributed by atoms with Gasteiger partial charge in [-0.05, 0) is 36.4 Å².